The van der Waals surface area contributed by atoms with Gasteiger partial charge in [-0.05, 0) is 12.1 Å². The largest absolute Gasteiger partial charge is 0.378 e. The maximum Gasteiger partial charge on any atom is 0.270 e. The second kappa shape index (κ2) is 5.05. The Morgan fingerprint density at radius 3 is 3.12 bits per heavy atom. The molecule has 1 aromatic heterocycles. The minimum absolute atomic E-state index is 0.0134. The molecule has 1 aliphatic heterocycles. The molecular weight excluding hydrogens is 206 g/mol. The van der Waals surface area contributed by atoms with E-state index in [-0.39, 0.29) is 18.1 Å². The Labute approximate surface area is 94.2 Å². The summed E-state index contributed by atoms with van der Waals surface area (Å²) in [5, 5.41) is 6.08. The quantitative estimate of drug-likeness (QED) is 0.742. The van der Waals surface area contributed by atoms with Crippen LogP contribution in [0.2, 0.25) is 0 Å². The Morgan fingerprint density at radius 1 is 1.56 bits per heavy atom. The van der Waals surface area contributed by atoms with Gasteiger partial charge in [0.15, 0.2) is 0 Å². The predicted molar refractivity (Wildman–Crippen MR) is 59.2 cm³/mol. The molecule has 1 saturated heterocycles. The van der Waals surface area contributed by atoms with E-state index in [1.165, 1.54) is 0 Å². The van der Waals surface area contributed by atoms with Crippen molar-refractivity contribution in [3.63, 3.8) is 0 Å². The van der Waals surface area contributed by atoms with Crippen LogP contribution in [-0.2, 0) is 4.74 Å². The number of carbonyl (C=O) groups is 1. The van der Waals surface area contributed by atoms with Crippen molar-refractivity contribution in [2.45, 2.75) is 12.1 Å². The van der Waals surface area contributed by atoms with Gasteiger partial charge in [0.05, 0.1) is 12.1 Å². The molecule has 0 bridgehead atoms. The van der Waals surface area contributed by atoms with Crippen LogP contribution in [0.3, 0.4) is 0 Å². The van der Waals surface area contributed by atoms with Crippen molar-refractivity contribution in [2.24, 2.45) is 0 Å². The number of ether oxygens (including phenoxy) is 1. The number of rotatable bonds is 3. The standard InChI is InChI=1S/C11H15N3O2/c1-16-10-7-12-6-9(10)14-11(15)8-4-2-3-5-13-8/h2-5,9-10,12H,6-7H2,1H3,(H,14,15)/t9-,10-/m0/s1. The molecule has 0 spiro atoms. The Hall–Kier alpha value is -1.46. The number of hydrogen-bond acceptors (Lipinski definition) is 4. The first kappa shape index (κ1) is 11.0. The highest BCUT2D eigenvalue weighted by atomic mass is 16.5. The Morgan fingerprint density at radius 2 is 2.44 bits per heavy atom. The monoisotopic (exact) mass is 221 g/mol. The summed E-state index contributed by atoms with van der Waals surface area (Å²) in [5.41, 5.74) is 0.434. The summed E-state index contributed by atoms with van der Waals surface area (Å²) in [6, 6.07) is 5.29. The van der Waals surface area contributed by atoms with Gasteiger partial charge in [-0.1, -0.05) is 6.07 Å². The van der Waals surface area contributed by atoms with E-state index >= 15 is 0 Å². The SMILES string of the molecule is CO[C@H]1CNC[C@@H]1NC(=O)c1ccccn1. The highest BCUT2D eigenvalue weighted by molar-refractivity contribution is 5.92. The Balaban J connectivity index is 1.97. The maximum absolute atomic E-state index is 11.8. The lowest BCUT2D eigenvalue weighted by atomic mass is 10.2. The number of aromatic nitrogens is 1. The molecule has 16 heavy (non-hydrogen) atoms. The minimum Gasteiger partial charge on any atom is -0.378 e. The van der Waals surface area contributed by atoms with Crippen LogP contribution in [0, 0.1) is 0 Å². The van der Waals surface area contributed by atoms with Gasteiger partial charge in [0.2, 0.25) is 0 Å². The van der Waals surface area contributed by atoms with Crippen LogP contribution in [0.1, 0.15) is 10.5 Å². The third kappa shape index (κ3) is 2.37. The van der Waals surface area contributed by atoms with Gasteiger partial charge < -0.3 is 15.4 Å². The van der Waals surface area contributed by atoms with Crippen LogP contribution >= 0.6 is 0 Å². The second-order valence-electron chi connectivity index (χ2n) is 3.73. The molecular formula is C11H15N3O2. The Kier molecular flexibility index (Phi) is 3.48. The first-order chi connectivity index (χ1) is 7.81. The van der Waals surface area contributed by atoms with Crippen LogP contribution < -0.4 is 10.6 Å². The zero-order chi connectivity index (χ0) is 11.4. The lowest BCUT2D eigenvalue weighted by Crippen LogP contribution is -2.43. The fraction of sp³-hybridized carbons (Fsp3) is 0.455. The van der Waals surface area contributed by atoms with E-state index in [1.807, 2.05) is 0 Å². The number of nitrogens with zero attached hydrogens (tertiary/aromatic N) is 1. The number of methoxy groups -OCH3 is 1. The smallest absolute Gasteiger partial charge is 0.270 e. The van der Waals surface area contributed by atoms with Crippen molar-refractivity contribution in [3.8, 4) is 0 Å². The average Bonchev–Trinajstić information content (AvgIpc) is 2.77. The zero-order valence-corrected chi connectivity index (χ0v) is 9.14. The number of carbonyl (C=O) groups excluding carboxylic acids is 1. The minimum atomic E-state index is -0.156. The zero-order valence-electron chi connectivity index (χ0n) is 9.14. The molecule has 2 rings (SSSR count). The second-order valence-corrected chi connectivity index (χ2v) is 3.73. The van der Waals surface area contributed by atoms with Crippen LogP contribution in [0.5, 0.6) is 0 Å². The van der Waals surface area contributed by atoms with Crippen LogP contribution in [0.25, 0.3) is 0 Å². The van der Waals surface area contributed by atoms with Crippen molar-refractivity contribution < 1.29 is 9.53 Å². The number of pyridine rings is 1. The van der Waals surface area contributed by atoms with Gasteiger partial charge in [0.25, 0.3) is 5.91 Å². The molecule has 0 radical (unpaired) electrons. The average molecular weight is 221 g/mol. The molecule has 5 heteroatoms. The molecule has 0 aliphatic carbocycles. The van der Waals surface area contributed by atoms with Crippen LogP contribution in [0.15, 0.2) is 24.4 Å². The fourth-order valence-electron chi connectivity index (χ4n) is 1.79. The van der Waals surface area contributed by atoms with Crippen LogP contribution in [-0.4, -0.2) is 43.2 Å². The molecule has 0 unspecified atom stereocenters. The lowest BCUT2D eigenvalue weighted by Gasteiger charge is -2.18. The van der Waals surface area contributed by atoms with Crippen molar-refractivity contribution in [1.82, 2.24) is 15.6 Å². The molecule has 1 fully saturated rings. The summed E-state index contributed by atoms with van der Waals surface area (Å²) in [5.74, 6) is -0.156. The molecule has 1 aliphatic rings. The summed E-state index contributed by atoms with van der Waals surface area (Å²) < 4.78 is 5.26. The molecule has 0 aromatic carbocycles. The van der Waals surface area contributed by atoms with Gasteiger partial charge in [-0.15, -0.1) is 0 Å². The summed E-state index contributed by atoms with van der Waals surface area (Å²) in [4.78, 5) is 15.8. The van der Waals surface area contributed by atoms with E-state index in [0.717, 1.165) is 13.1 Å². The van der Waals surface area contributed by atoms with E-state index in [0.29, 0.717) is 5.69 Å². The van der Waals surface area contributed by atoms with Crippen molar-refractivity contribution >= 4 is 5.91 Å². The molecule has 86 valence electrons. The topological polar surface area (TPSA) is 63.2 Å². The summed E-state index contributed by atoms with van der Waals surface area (Å²) in [6.45, 7) is 1.50. The van der Waals surface area contributed by atoms with Gasteiger partial charge in [-0.3, -0.25) is 9.78 Å². The van der Waals surface area contributed by atoms with E-state index < -0.39 is 0 Å². The number of nitrogens with one attached hydrogen (secondary N) is 2. The first-order valence-corrected chi connectivity index (χ1v) is 5.26. The van der Waals surface area contributed by atoms with Gasteiger partial charge in [0, 0.05) is 26.4 Å². The third-order valence-electron chi connectivity index (χ3n) is 2.68. The molecule has 5 nitrogen and oxygen atoms in total. The maximum atomic E-state index is 11.8. The molecule has 2 N–H and O–H groups in total. The van der Waals surface area contributed by atoms with Gasteiger partial charge in [-0.2, -0.15) is 0 Å². The Bertz CT molecular complexity index is 356. The molecule has 2 heterocycles. The van der Waals surface area contributed by atoms with Crippen LogP contribution in [0.4, 0.5) is 0 Å². The van der Waals surface area contributed by atoms with E-state index in [4.69, 9.17) is 4.74 Å². The predicted octanol–water partition coefficient (Wildman–Crippen LogP) is -0.202. The fourth-order valence-corrected chi connectivity index (χ4v) is 1.79. The summed E-state index contributed by atoms with van der Waals surface area (Å²) in [6.07, 6.45) is 1.64. The number of amides is 1. The summed E-state index contributed by atoms with van der Waals surface area (Å²) in [7, 11) is 1.65. The van der Waals surface area contributed by atoms with Gasteiger partial charge in [-0.25, -0.2) is 0 Å². The molecule has 2 atom stereocenters. The van der Waals surface area contributed by atoms with Gasteiger partial charge in [0.1, 0.15) is 5.69 Å². The summed E-state index contributed by atoms with van der Waals surface area (Å²) >= 11 is 0. The molecule has 1 amide bonds. The molecule has 0 saturated carbocycles. The first-order valence-electron chi connectivity index (χ1n) is 5.26. The molecule has 1 aromatic rings. The van der Waals surface area contributed by atoms with Gasteiger partial charge >= 0.3 is 0 Å². The van der Waals surface area contributed by atoms with E-state index in [2.05, 4.69) is 15.6 Å². The van der Waals surface area contributed by atoms with E-state index in [9.17, 15) is 4.79 Å². The highest BCUT2D eigenvalue weighted by Gasteiger charge is 2.28. The third-order valence-corrected chi connectivity index (χ3v) is 2.68. The lowest BCUT2D eigenvalue weighted by molar-refractivity contribution is 0.0776. The van der Waals surface area contributed by atoms with Crippen molar-refractivity contribution in [3.05, 3.63) is 30.1 Å². The van der Waals surface area contributed by atoms with E-state index in [1.54, 1.807) is 31.5 Å². The number of hydrogen-bond donors (Lipinski definition) is 2. The normalized spacial score (nSPS) is 24.3. The van der Waals surface area contributed by atoms with Crippen molar-refractivity contribution in [1.29, 1.82) is 0 Å². The highest BCUT2D eigenvalue weighted by Crippen LogP contribution is 2.04. The van der Waals surface area contributed by atoms with Crippen molar-refractivity contribution in [2.75, 3.05) is 20.2 Å².